The standard InChI is InChI=1S/C17H20N2OS/c1-12-8-10-16(11-9-12)21(20)19-18-15(4)17-13(2)6-5-7-14(17)3/h5-11,19H,1-4H3/b18-15-. The second kappa shape index (κ2) is 6.68. The Labute approximate surface area is 128 Å². The molecule has 1 atom stereocenters. The molecule has 0 fully saturated rings. The van der Waals surface area contributed by atoms with Gasteiger partial charge in [-0.25, -0.2) is 9.04 Å². The normalized spacial score (nSPS) is 13.0. The van der Waals surface area contributed by atoms with Crippen LogP contribution in [0.5, 0.6) is 0 Å². The van der Waals surface area contributed by atoms with E-state index in [1.54, 1.807) is 0 Å². The van der Waals surface area contributed by atoms with Crippen LogP contribution in [0.3, 0.4) is 0 Å². The minimum atomic E-state index is -1.34. The quantitative estimate of drug-likeness (QED) is 0.679. The molecule has 0 aliphatic rings. The second-order valence-electron chi connectivity index (χ2n) is 5.14. The maximum atomic E-state index is 12.2. The molecule has 1 N–H and O–H groups in total. The molecule has 0 amide bonds. The molecule has 4 heteroatoms. The van der Waals surface area contributed by atoms with Crippen molar-refractivity contribution < 1.29 is 4.21 Å². The fourth-order valence-electron chi connectivity index (χ4n) is 2.27. The molecule has 2 aromatic carbocycles. The topological polar surface area (TPSA) is 41.5 Å². The van der Waals surface area contributed by atoms with E-state index >= 15 is 0 Å². The van der Waals surface area contributed by atoms with Crippen LogP contribution < -0.4 is 4.83 Å². The number of hydrazone groups is 1. The first-order valence-electron chi connectivity index (χ1n) is 6.84. The molecule has 0 spiro atoms. The molecule has 110 valence electrons. The largest absolute Gasteiger partial charge is 0.230 e. The Morgan fingerprint density at radius 1 is 1.00 bits per heavy atom. The van der Waals surface area contributed by atoms with E-state index < -0.39 is 11.0 Å². The Balaban J connectivity index is 2.17. The maximum absolute atomic E-state index is 12.2. The lowest BCUT2D eigenvalue weighted by Crippen LogP contribution is -2.14. The van der Waals surface area contributed by atoms with E-state index in [4.69, 9.17) is 0 Å². The van der Waals surface area contributed by atoms with Gasteiger partial charge < -0.3 is 0 Å². The number of aryl methyl sites for hydroxylation is 3. The summed E-state index contributed by atoms with van der Waals surface area (Å²) in [6.45, 7) is 8.04. The number of nitrogens with zero attached hydrogens (tertiary/aromatic N) is 1. The van der Waals surface area contributed by atoms with Crippen LogP contribution in [0.15, 0.2) is 52.5 Å². The fourth-order valence-corrected chi connectivity index (χ4v) is 2.97. The monoisotopic (exact) mass is 300 g/mol. The van der Waals surface area contributed by atoms with Crippen molar-refractivity contribution in [2.24, 2.45) is 5.10 Å². The van der Waals surface area contributed by atoms with E-state index in [1.165, 1.54) is 11.1 Å². The van der Waals surface area contributed by atoms with Crippen molar-refractivity contribution in [1.82, 2.24) is 4.83 Å². The zero-order chi connectivity index (χ0) is 15.4. The van der Waals surface area contributed by atoms with E-state index in [0.29, 0.717) is 0 Å². The molecule has 3 nitrogen and oxygen atoms in total. The molecular formula is C17H20N2OS. The zero-order valence-electron chi connectivity index (χ0n) is 12.8. The van der Waals surface area contributed by atoms with Crippen LogP contribution in [-0.4, -0.2) is 9.92 Å². The Morgan fingerprint density at radius 3 is 2.14 bits per heavy atom. The molecule has 0 radical (unpaired) electrons. The first-order valence-corrected chi connectivity index (χ1v) is 7.99. The lowest BCUT2D eigenvalue weighted by Gasteiger charge is -2.09. The Kier molecular flexibility index (Phi) is 4.91. The number of hydrogen-bond donors (Lipinski definition) is 1. The van der Waals surface area contributed by atoms with Gasteiger partial charge in [-0.05, 0) is 51.0 Å². The summed E-state index contributed by atoms with van der Waals surface area (Å²) in [5.74, 6) is 0. The molecule has 0 bridgehead atoms. The van der Waals surface area contributed by atoms with Crippen LogP contribution in [-0.2, 0) is 11.0 Å². The third kappa shape index (κ3) is 3.79. The predicted molar refractivity (Wildman–Crippen MR) is 88.9 cm³/mol. The summed E-state index contributed by atoms with van der Waals surface area (Å²) >= 11 is 0. The molecule has 0 aliphatic heterocycles. The van der Waals surface area contributed by atoms with E-state index in [0.717, 1.165) is 21.7 Å². The molecule has 21 heavy (non-hydrogen) atoms. The van der Waals surface area contributed by atoms with Crippen molar-refractivity contribution in [3.8, 4) is 0 Å². The van der Waals surface area contributed by atoms with Crippen LogP contribution in [0.2, 0.25) is 0 Å². The van der Waals surface area contributed by atoms with Crippen molar-refractivity contribution >= 4 is 16.7 Å². The highest BCUT2D eigenvalue weighted by molar-refractivity contribution is 7.83. The van der Waals surface area contributed by atoms with Gasteiger partial charge in [-0.1, -0.05) is 35.9 Å². The van der Waals surface area contributed by atoms with Crippen molar-refractivity contribution in [1.29, 1.82) is 0 Å². The highest BCUT2D eigenvalue weighted by Gasteiger charge is 2.07. The number of hydrogen-bond acceptors (Lipinski definition) is 2. The van der Waals surface area contributed by atoms with Gasteiger partial charge in [0.05, 0.1) is 10.6 Å². The Hall–Kier alpha value is -1.94. The van der Waals surface area contributed by atoms with Crippen LogP contribution in [0.4, 0.5) is 0 Å². The summed E-state index contributed by atoms with van der Waals surface area (Å²) < 4.78 is 12.2. The molecule has 1 unspecified atom stereocenters. The smallest absolute Gasteiger partial charge is 0.166 e. The van der Waals surface area contributed by atoms with Crippen LogP contribution in [0.1, 0.15) is 29.2 Å². The van der Waals surface area contributed by atoms with Crippen molar-refractivity contribution in [3.63, 3.8) is 0 Å². The lowest BCUT2D eigenvalue weighted by molar-refractivity contribution is 0.675. The number of benzene rings is 2. The molecule has 2 rings (SSSR count). The van der Waals surface area contributed by atoms with E-state index in [1.807, 2.05) is 44.2 Å². The van der Waals surface area contributed by atoms with E-state index in [-0.39, 0.29) is 0 Å². The summed E-state index contributed by atoms with van der Waals surface area (Å²) in [5.41, 5.74) is 5.42. The van der Waals surface area contributed by atoms with Gasteiger partial charge in [0.15, 0.2) is 11.0 Å². The third-order valence-corrected chi connectivity index (χ3v) is 4.33. The number of rotatable bonds is 4. The second-order valence-corrected chi connectivity index (χ2v) is 6.33. The van der Waals surface area contributed by atoms with Gasteiger partial charge >= 0.3 is 0 Å². The van der Waals surface area contributed by atoms with Crippen molar-refractivity contribution in [3.05, 3.63) is 64.7 Å². The van der Waals surface area contributed by atoms with Gasteiger partial charge in [0.25, 0.3) is 0 Å². The molecule has 2 aromatic rings. The third-order valence-electron chi connectivity index (χ3n) is 3.37. The van der Waals surface area contributed by atoms with Crippen LogP contribution >= 0.6 is 0 Å². The van der Waals surface area contributed by atoms with Crippen molar-refractivity contribution in [2.45, 2.75) is 32.6 Å². The maximum Gasteiger partial charge on any atom is 0.166 e. The molecule has 0 saturated heterocycles. The Morgan fingerprint density at radius 2 is 1.57 bits per heavy atom. The predicted octanol–water partition coefficient (Wildman–Crippen LogP) is 3.65. The summed E-state index contributed by atoms with van der Waals surface area (Å²) in [5, 5.41) is 4.28. The van der Waals surface area contributed by atoms with Gasteiger partial charge in [-0.2, -0.15) is 5.10 Å². The summed E-state index contributed by atoms with van der Waals surface area (Å²) in [6, 6.07) is 13.7. The highest BCUT2D eigenvalue weighted by atomic mass is 32.2. The summed E-state index contributed by atoms with van der Waals surface area (Å²) in [6.07, 6.45) is 0. The SMILES string of the molecule is C/C(=N/NS(=O)c1ccc(C)cc1)c1c(C)cccc1C. The van der Waals surface area contributed by atoms with Gasteiger partial charge in [-0.15, -0.1) is 0 Å². The highest BCUT2D eigenvalue weighted by Crippen LogP contribution is 2.14. The first-order chi connectivity index (χ1) is 9.99. The van der Waals surface area contributed by atoms with Gasteiger partial charge in [-0.3, -0.25) is 0 Å². The fraction of sp³-hybridized carbons (Fsp3) is 0.235. The molecule has 0 saturated carbocycles. The minimum Gasteiger partial charge on any atom is -0.230 e. The number of nitrogens with one attached hydrogen (secondary N) is 1. The van der Waals surface area contributed by atoms with Gasteiger partial charge in [0, 0.05) is 5.56 Å². The molecular weight excluding hydrogens is 280 g/mol. The van der Waals surface area contributed by atoms with E-state index in [9.17, 15) is 4.21 Å². The average Bonchev–Trinajstić information content (AvgIpc) is 2.45. The van der Waals surface area contributed by atoms with Crippen LogP contribution in [0.25, 0.3) is 0 Å². The van der Waals surface area contributed by atoms with Gasteiger partial charge in [0.1, 0.15) is 0 Å². The Bertz CT molecular complexity index is 670. The van der Waals surface area contributed by atoms with Crippen molar-refractivity contribution in [2.75, 3.05) is 0 Å². The first kappa shape index (κ1) is 15.4. The van der Waals surface area contributed by atoms with Crippen LogP contribution in [0, 0.1) is 20.8 Å². The summed E-state index contributed by atoms with van der Waals surface area (Å²) in [4.78, 5) is 3.45. The molecule has 0 aliphatic carbocycles. The summed E-state index contributed by atoms with van der Waals surface area (Å²) in [7, 11) is -1.34. The molecule has 0 heterocycles. The molecule has 0 aromatic heterocycles. The zero-order valence-corrected chi connectivity index (χ0v) is 13.6. The van der Waals surface area contributed by atoms with E-state index in [2.05, 4.69) is 35.9 Å². The minimum absolute atomic E-state index is 0.721. The van der Waals surface area contributed by atoms with Gasteiger partial charge in [0.2, 0.25) is 0 Å². The lowest BCUT2D eigenvalue weighted by atomic mass is 10.00. The average molecular weight is 300 g/mol.